The number of esters is 2. The van der Waals surface area contributed by atoms with Crippen molar-refractivity contribution in [3.05, 3.63) is 204 Å². The van der Waals surface area contributed by atoms with Crippen molar-refractivity contribution in [3.8, 4) is 11.5 Å². The summed E-state index contributed by atoms with van der Waals surface area (Å²) in [5, 5.41) is 2.29. The Morgan fingerprint density at radius 1 is 0.645 bits per heavy atom. The van der Waals surface area contributed by atoms with Gasteiger partial charge in [0.1, 0.15) is 18.3 Å². The first-order valence-electron chi connectivity index (χ1n) is 32.7. The molecule has 5 aromatic rings. The topological polar surface area (TPSA) is 154 Å². The van der Waals surface area contributed by atoms with E-state index in [0.717, 1.165) is 45.8 Å². The number of hydrogen-bond acceptors (Lipinski definition) is 15. The largest absolute Gasteiger partial charge is 0.497 e. The van der Waals surface area contributed by atoms with Gasteiger partial charge in [-0.2, -0.15) is 0 Å². The predicted octanol–water partition coefficient (Wildman–Crippen LogP) is 13.8. The smallest absolute Gasteiger partial charge is 0.330 e. The summed E-state index contributed by atoms with van der Waals surface area (Å²) in [6, 6.07) is 47.0. The second kappa shape index (κ2) is 34.2. The zero-order valence-electron chi connectivity index (χ0n) is 56.6. The van der Waals surface area contributed by atoms with Crippen LogP contribution in [0.25, 0.3) is 0 Å². The highest BCUT2D eigenvalue weighted by atomic mass is 28.4. The molecule has 0 aromatic heterocycles. The second-order valence-corrected chi connectivity index (χ2v) is 30.7. The van der Waals surface area contributed by atoms with Gasteiger partial charge in [-0.1, -0.05) is 186 Å². The minimum Gasteiger partial charge on any atom is -0.497 e. The van der Waals surface area contributed by atoms with Crippen LogP contribution in [0.4, 0.5) is 0 Å². The Hall–Kier alpha value is -6.54. The molecule has 10 atom stereocenters. The van der Waals surface area contributed by atoms with E-state index in [1.807, 2.05) is 112 Å². The van der Waals surface area contributed by atoms with Crippen LogP contribution in [0.5, 0.6) is 11.5 Å². The van der Waals surface area contributed by atoms with Gasteiger partial charge in [0.25, 0.3) is 8.32 Å². The summed E-state index contributed by atoms with van der Waals surface area (Å²) in [5.41, 5.74) is 4.57. The van der Waals surface area contributed by atoms with E-state index in [1.54, 1.807) is 14.2 Å². The Morgan fingerprint density at radius 2 is 1.19 bits per heavy atom. The Balaban J connectivity index is 0.988. The third-order valence-electron chi connectivity index (χ3n) is 18.0. The molecule has 1 unspecified atom stereocenters. The maximum Gasteiger partial charge on any atom is 0.330 e. The third-order valence-corrected chi connectivity index (χ3v) is 23.1. The summed E-state index contributed by atoms with van der Waals surface area (Å²) >= 11 is 0. The molecule has 3 aliphatic rings. The quantitative estimate of drug-likeness (QED) is 0.0100. The number of carbonyl (C=O) groups excluding carboxylic acids is 2. The predicted molar refractivity (Wildman–Crippen MR) is 364 cm³/mol. The molecule has 502 valence electrons. The van der Waals surface area contributed by atoms with Crippen molar-refractivity contribution >= 4 is 30.6 Å². The van der Waals surface area contributed by atoms with E-state index in [1.165, 1.54) is 37.6 Å². The molecule has 0 aliphatic carbocycles. The highest BCUT2D eigenvalue weighted by Gasteiger charge is 2.59. The zero-order chi connectivity index (χ0) is 66.6. The molecule has 3 saturated heterocycles. The Kier molecular flexibility index (Phi) is 26.6. The van der Waals surface area contributed by atoms with E-state index in [4.69, 9.17) is 61.3 Å². The number of carbonyl (C=O) groups is 2. The fourth-order valence-corrected chi connectivity index (χ4v) is 17.8. The Bertz CT molecular complexity index is 3160. The molecule has 5 aromatic carbocycles. The molecule has 3 aliphatic heterocycles. The van der Waals surface area contributed by atoms with Crippen LogP contribution in [0, 0.1) is 5.41 Å². The van der Waals surface area contributed by atoms with Crippen molar-refractivity contribution < 1.29 is 70.9 Å². The van der Waals surface area contributed by atoms with E-state index >= 15 is 0 Å². The second-order valence-electron chi connectivity index (χ2n) is 26.4. The van der Waals surface area contributed by atoms with Gasteiger partial charge in [0, 0.05) is 51.4 Å². The molecule has 3 heterocycles. The Morgan fingerprint density at radius 3 is 1.75 bits per heavy atom. The minimum atomic E-state index is -2.81. The van der Waals surface area contributed by atoms with Crippen molar-refractivity contribution in [2.24, 2.45) is 5.41 Å². The van der Waals surface area contributed by atoms with Crippen molar-refractivity contribution in [2.75, 3.05) is 41.8 Å². The van der Waals surface area contributed by atoms with Crippen LogP contribution in [-0.4, -0.2) is 123 Å². The van der Waals surface area contributed by atoms with Crippen LogP contribution in [0.1, 0.15) is 123 Å². The van der Waals surface area contributed by atoms with Crippen molar-refractivity contribution in [2.45, 2.75) is 192 Å². The van der Waals surface area contributed by atoms with Crippen LogP contribution in [0.2, 0.25) is 5.04 Å². The molecule has 0 amide bonds. The summed E-state index contributed by atoms with van der Waals surface area (Å²) in [4.78, 5) is 26.5. The first kappa shape index (κ1) is 72.3. The summed E-state index contributed by atoms with van der Waals surface area (Å²) in [6.07, 6.45) is 6.51. The van der Waals surface area contributed by atoms with Gasteiger partial charge in [0.2, 0.25) is 5.79 Å². The van der Waals surface area contributed by atoms with E-state index in [-0.39, 0.29) is 61.8 Å². The van der Waals surface area contributed by atoms with Crippen LogP contribution < -0.4 is 19.8 Å². The number of hydrogen-bond donors (Lipinski definition) is 0. The van der Waals surface area contributed by atoms with Crippen molar-refractivity contribution in [1.29, 1.82) is 0 Å². The molecular weight excluding hydrogens is 1190 g/mol. The van der Waals surface area contributed by atoms with E-state index in [9.17, 15) is 9.59 Å². The lowest BCUT2D eigenvalue weighted by Crippen LogP contribution is -2.66. The van der Waals surface area contributed by atoms with Gasteiger partial charge in [-0.25, -0.2) is 4.79 Å². The maximum absolute atomic E-state index is 13.3. The number of ether oxygens (including phenoxy) is 12. The van der Waals surface area contributed by atoms with Crippen LogP contribution in [0.3, 0.4) is 0 Å². The average Bonchev–Trinajstić information content (AvgIpc) is 0.753. The van der Waals surface area contributed by atoms with Crippen LogP contribution in [0.15, 0.2) is 188 Å². The molecule has 8 rings (SSSR count). The van der Waals surface area contributed by atoms with Crippen molar-refractivity contribution in [3.63, 3.8) is 0 Å². The number of benzene rings is 5. The van der Waals surface area contributed by atoms with Crippen molar-refractivity contribution in [1.82, 2.24) is 0 Å². The monoisotopic (exact) mass is 1290 g/mol. The lowest BCUT2D eigenvalue weighted by atomic mass is 9.73. The lowest BCUT2D eigenvalue weighted by molar-refractivity contribution is -0.339. The number of rotatable bonds is 32. The molecule has 3 fully saturated rings. The van der Waals surface area contributed by atoms with E-state index in [0.29, 0.717) is 63.9 Å². The number of methoxy groups -OCH3 is 4. The molecule has 0 spiro atoms. The highest BCUT2D eigenvalue weighted by molar-refractivity contribution is 6.99. The van der Waals surface area contributed by atoms with Crippen LogP contribution >= 0.6 is 0 Å². The van der Waals surface area contributed by atoms with Gasteiger partial charge in [0.15, 0.2) is 6.10 Å². The first-order chi connectivity index (χ1) is 44.7. The highest BCUT2D eigenvalue weighted by Crippen LogP contribution is 2.49. The average molecular weight is 1290 g/mol. The molecule has 16 heteroatoms. The van der Waals surface area contributed by atoms with E-state index in [2.05, 4.69) is 94.6 Å². The zero-order valence-corrected chi connectivity index (χ0v) is 57.6. The molecule has 0 N–H and O–H groups in total. The van der Waals surface area contributed by atoms with Gasteiger partial charge >= 0.3 is 11.9 Å². The normalized spacial score (nSPS) is 22.9. The molecule has 93 heavy (non-hydrogen) atoms. The SMILES string of the molecule is C=C1CC(C[C@H](CCO[Si](c2ccccc2)(c2ccccc2)C(C)(C)C)OCc2ccc(OC)cc2)O[C@@H](C[C@@H]2CC(=C)C[C@H](/C=C/C(C)(C)[C@]3(OC)O[C@H](C[C@@H](OCc4ccc(OC)cc4)[C@@H](C)OCOCc4ccccc4)C/C(=C\C(=O)OC)[C@@H]3OC(C)=O)O2)C1. The summed E-state index contributed by atoms with van der Waals surface area (Å²) in [5.74, 6) is -1.38. The minimum absolute atomic E-state index is 0.0105. The fourth-order valence-electron chi connectivity index (χ4n) is 13.3. The maximum atomic E-state index is 13.3. The molecule has 15 nitrogen and oxygen atoms in total. The molecule has 0 saturated carbocycles. The van der Waals surface area contributed by atoms with Gasteiger partial charge < -0.3 is 61.3 Å². The summed E-state index contributed by atoms with van der Waals surface area (Å²) in [6.45, 7) is 24.7. The van der Waals surface area contributed by atoms with Crippen LogP contribution in [-0.2, 0) is 81.2 Å². The van der Waals surface area contributed by atoms with Gasteiger partial charge in [0.05, 0.1) is 90.0 Å². The Labute approximate surface area is 553 Å². The van der Waals surface area contributed by atoms with Gasteiger partial charge in [-0.15, -0.1) is 0 Å². The molecular formula is C77H100O15Si. The van der Waals surface area contributed by atoms with Gasteiger partial charge in [-0.3, -0.25) is 4.79 Å². The summed E-state index contributed by atoms with van der Waals surface area (Å²) < 4.78 is 83.4. The lowest BCUT2D eigenvalue weighted by Gasteiger charge is -2.53. The van der Waals surface area contributed by atoms with E-state index < -0.39 is 55.9 Å². The van der Waals surface area contributed by atoms with Gasteiger partial charge in [-0.05, 0) is 107 Å². The third kappa shape index (κ3) is 19.8. The standard InChI is InChI=1S/C77H100O15Si/c1-54-41-65(90-67(42-54)48-68-44-55(2)43-66(91-68)47-64(85-51-59-29-33-62(80-10)34-30-59)38-40-88-93(75(5,6)7,70-25-19-15-20-26-70)71-27-21-16-22-28-71)37-39-76(8,9)77(83-13)74(89-57(4)78)61(46-73(79)82-12)45-69(92-77)49-72(86-52-60-31-35-63(81-11)36-32-60)56(3)87-53-84-50-58-23-17-14-18-24-58/h14-37,39,46,56,64-69,72,74H,1-2,38,40-45,47-53H2,3-13H3/b39-37+,61-46+/t56-,64+,65+,66?,67+,68-,69+,72-,74+,77-/m1/s1. The molecule has 0 bridgehead atoms. The summed E-state index contributed by atoms with van der Waals surface area (Å²) in [7, 11) is 3.32. The fraction of sp³-hybridized carbons (Fsp3) is 0.481. The first-order valence-corrected chi connectivity index (χ1v) is 34.6. The molecule has 0 radical (unpaired) electrons.